The minimum atomic E-state index is 0. The van der Waals surface area contributed by atoms with E-state index in [1.165, 1.54) is 0 Å². The van der Waals surface area contributed by atoms with E-state index >= 15 is 0 Å². The normalized spacial score (nSPS) is 6.60. The quantitative estimate of drug-likeness (QED) is 0.566. The number of rotatable bonds is 0. The maximum atomic E-state index is 7.57. The molecule has 0 bridgehead atoms. The molecule has 0 saturated heterocycles. The highest BCUT2D eigenvalue weighted by Gasteiger charge is 1.58. The van der Waals surface area contributed by atoms with Crippen LogP contribution in [0, 0.1) is 0 Å². The van der Waals surface area contributed by atoms with Crippen LogP contribution in [-0.4, -0.2) is 22.2 Å². The van der Waals surface area contributed by atoms with Crippen LogP contribution in [0.3, 0.4) is 0 Å². The molecule has 0 aliphatic rings. The van der Waals surface area contributed by atoms with E-state index in [-0.39, 0.29) is 12.1 Å². The first-order valence-electron chi connectivity index (χ1n) is 2.87. The van der Waals surface area contributed by atoms with Crippen LogP contribution in [0.4, 0.5) is 0 Å². The Labute approximate surface area is 60.7 Å². The molecule has 0 aromatic carbocycles. The van der Waals surface area contributed by atoms with Gasteiger partial charge in [0.05, 0.1) is 0 Å². The van der Waals surface area contributed by atoms with Crippen molar-refractivity contribution in [1.82, 2.24) is 4.98 Å². The Kier molecular flexibility index (Phi) is 12.9. The predicted molar refractivity (Wildman–Crippen MR) is 40.6 cm³/mol. The lowest BCUT2D eigenvalue weighted by Crippen LogP contribution is -1.58. The minimum Gasteiger partial charge on any atom is -0.412 e. The lowest BCUT2D eigenvalue weighted by atomic mass is 10.5. The average molecular weight is 143 g/mol. The second-order valence-electron chi connectivity index (χ2n) is 1.34. The molecule has 0 radical (unpaired) electrons. The van der Waals surface area contributed by atoms with Crippen molar-refractivity contribution in [2.45, 2.75) is 6.92 Å². The van der Waals surface area contributed by atoms with E-state index in [0.29, 0.717) is 0 Å². The van der Waals surface area contributed by atoms with Gasteiger partial charge in [0.2, 0.25) is 0 Å². The first-order chi connectivity index (χ1) is 4.41. The molecule has 58 valence electrons. The van der Waals surface area contributed by atoms with E-state index in [2.05, 4.69) is 4.98 Å². The zero-order chi connectivity index (χ0) is 6.95. The maximum Gasteiger partial charge on any atom is 0.0402 e. The Morgan fingerprint density at radius 1 is 1.20 bits per heavy atom. The molecule has 0 unspecified atom stereocenters. The third-order valence-corrected chi connectivity index (χ3v) is 0.566. The summed E-state index contributed by atoms with van der Waals surface area (Å²) in [5.41, 5.74) is 0. The topological polar surface area (TPSA) is 64.6 Å². The first kappa shape index (κ1) is 11.8. The Hall–Kier alpha value is -0.930. The fourth-order valence-corrected chi connectivity index (χ4v) is 0.313. The van der Waals surface area contributed by atoms with Gasteiger partial charge in [-0.2, -0.15) is 0 Å². The molecular weight excluding hydrogens is 130 g/mol. The third-order valence-electron chi connectivity index (χ3n) is 0.566. The van der Waals surface area contributed by atoms with Gasteiger partial charge in [-0.15, -0.1) is 0 Å². The van der Waals surface area contributed by atoms with Crippen molar-refractivity contribution in [2.75, 3.05) is 6.61 Å². The highest BCUT2D eigenvalue weighted by Crippen LogP contribution is 1.73. The van der Waals surface area contributed by atoms with Gasteiger partial charge in [0.15, 0.2) is 0 Å². The predicted octanol–water partition coefficient (Wildman–Crippen LogP) is 0.256. The number of aliphatic hydroxyl groups excluding tert-OH is 1. The van der Waals surface area contributed by atoms with Gasteiger partial charge in [-0.25, -0.2) is 0 Å². The van der Waals surface area contributed by atoms with E-state index in [1.54, 1.807) is 19.3 Å². The second-order valence-corrected chi connectivity index (χ2v) is 1.34. The summed E-state index contributed by atoms with van der Waals surface area (Å²) in [7, 11) is 0. The monoisotopic (exact) mass is 143 g/mol. The molecule has 0 aliphatic carbocycles. The van der Waals surface area contributed by atoms with Crippen LogP contribution in [0.1, 0.15) is 6.92 Å². The smallest absolute Gasteiger partial charge is 0.0402 e. The van der Waals surface area contributed by atoms with Gasteiger partial charge in [0.1, 0.15) is 0 Å². The van der Waals surface area contributed by atoms with Gasteiger partial charge >= 0.3 is 0 Å². The van der Waals surface area contributed by atoms with E-state index in [0.717, 1.165) is 0 Å². The lowest BCUT2D eigenvalue weighted by Gasteiger charge is -1.70. The van der Waals surface area contributed by atoms with Crippen molar-refractivity contribution in [2.24, 2.45) is 0 Å². The molecule has 0 atom stereocenters. The molecule has 0 aliphatic heterocycles. The highest BCUT2D eigenvalue weighted by atomic mass is 16.2. The summed E-state index contributed by atoms with van der Waals surface area (Å²) >= 11 is 0. The van der Waals surface area contributed by atoms with Crippen molar-refractivity contribution in [3.63, 3.8) is 0 Å². The van der Waals surface area contributed by atoms with Crippen LogP contribution in [0.2, 0.25) is 0 Å². The van der Waals surface area contributed by atoms with Crippen LogP contribution in [0.25, 0.3) is 0 Å². The summed E-state index contributed by atoms with van der Waals surface area (Å²) in [5, 5.41) is 7.57. The largest absolute Gasteiger partial charge is 0.412 e. The van der Waals surface area contributed by atoms with E-state index in [9.17, 15) is 0 Å². The molecule has 1 heterocycles. The van der Waals surface area contributed by atoms with Crippen LogP contribution in [0.15, 0.2) is 30.6 Å². The second kappa shape index (κ2) is 10.9. The van der Waals surface area contributed by atoms with Gasteiger partial charge in [0, 0.05) is 19.0 Å². The van der Waals surface area contributed by atoms with Crippen molar-refractivity contribution in [3.05, 3.63) is 30.6 Å². The van der Waals surface area contributed by atoms with E-state index < -0.39 is 0 Å². The fraction of sp³-hybridized carbons (Fsp3) is 0.286. The van der Waals surface area contributed by atoms with E-state index in [1.807, 2.05) is 18.2 Å². The van der Waals surface area contributed by atoms with Crippen molar-refractivity contribution >= 4 is 0 Å². The summed E-state index contributed by atoms with van der Waals surface area (Å²) in [6.07, 6.45) is 3.50. The fourth-order valence-electron chi connectivity index (χ4n) is 0.313. The average Bonchev–Trinajstić information content (AvgIpc) is 1.93. The van der Waals surface area contributed by atoms with Gasteiger partial charge < -0.3 is 10.6 Å². The summed E-state index contributed by atoms with van der Waals surface area (Å²) < 4.78 is 0. The Morgan fingerprint density at radius 2 is 1.60 bits per heavy atom. The molecule has 0 spiro atoms. The zero-order valence-electron chi connectivity index (χ0n) is 5.99. The molecule has 3 nitrogen and oxygen atoms in total. The van der Waals surface area contributed by atoms with Crippen LogP contribution >= 0.6 is 0 Å². The number of nitrogens with zero attached hydrogens (tertiary/aromatic N) is 1. The summed E-state index contributed by atoms with van der Waals surface area (Å²) in [6.45, 7) is 1.93. The number of aromatic nitrogens is 1. The molecule has 1 aromatic heterocycles. The molecule has 0 fully saturated rings. The summed E-state index contributed by atoms with van der Waals surface area (Å²) in [6, 6.07) is 5.72. The van der Waals surface area contributed by atoms with Gasteiger partial charge in [-0.05, 0) is 19.1 Å². The van der Waals surface area contributed by atoms with Gasteiger partial charge in [-0.1, -0.05) is 6.07 Å². The number of aliphatic hydroxyl groups is 1. The summed E-state index contributed by atoms with van der Waals surface area (Å²) in [4.78, 5) is 3.78. The van der Waals surface area contributed by atoms with Crippen molar-refractivity contribution < 1.29 is 10.6 Å². The van der Waals surface area contributed by atoms with Crippen LogP contribution in [-0.2, 0) is 0 Å². The molecule has 0 amide bonds. The van der Waals surface area contributed by atoms with Crippen LogP contribution < -0.4 is 0 Å². The number of pyridine rings is 1. The van der Waals surface area contributed by atoms with Gasteiger partial charge in [0.25, 0.3) is 0 Å². The number of hydrogen-bond donors (Lipinski definition) is 1. The van der Waals surface area contributed by atoms with Crippen molar-refractivity contribution in [1.29, 1.82) is 0 Å². The molecule has 3 heteroatoms. The molecule has 10 heavy (non-hydrogen) atoms. The van der Waals surface area contributed by atoms with Crippen molar-refractivity contribution in [3.8, 4) is 0 Å². The first-order valence-corrected chi connectivity index (χ1v) is 2.87. The van der Waals surface area contributed by atoms with Gasteiger partial charge in [-0.3, -0.25) is 4.98 Å². The standard InChI is InChI=1S/C5H5N.C2H6O.H2O/c1-2-4-6-5-3-1;1-2-3;/h1-5H;3H,2H2,1H3;1H2. The molecular formula is C7H13NO2. The van der Waals surface area contributed by atoms with E-state index in [4.69, 9.17) is 5.11 Å². The Bertz CT molecular complexity index is 94.5. The maximum absolute atomic E-state index is 7.57. The molecule has 1 aromatic rings. The highest BCUT2D eigenvalue weighted by molar-refractivity contribution is 4.88. The lowest BCUT2D eigenvalue weighted by molar-refractivity contribution is 0.318. The number of hydrogen-bond acceptors (Lipinski definition) is 2. The van der Waals surface area contributed by atoms with Crippen LogP contribution in [0.5, 0.6) is 0 Å². The molecule has 0 saturated carbocycles. The third kappa shape index (κ3) is 10.1. The molecule has 3 N–H and O–H groups in total. The molecule has 1 rings (SSSR count). The Balaban J connectivity index is 0. The Morgan fingerprint density at radius 3 is 1.70 bits per heavy atom. The zero-order valence-corrected chi connectivity index (χ0v) is 5.99. The SMILES string of the molecule is CCO.O.c1ccncc1. The minimum absolute atomic E-state index is 0. The summed E-state index contributed by atoms with van der Waals surface area (Å²) in [5.74, 6) is 0.